The molecule has 2 aromatic carbocycles. The van der Waals surface area contributed by atoms with Gasteiger partial charge < -0.3 is 24.4 Å². The highest BCUT2D eigenvalue weighted by atomic mass is 16.5. The molecular weight excluding hydrogens is 388 g/mol. The lowest BCUT2D eigenvalue weighted by molar-refractivity contribution is 0.0696. The van der Waals surface area contributed by atoms with E-state index >= 15 is 0 Å². The summed E-state index contributed by atoms with van der Waals surface area (Å²) in [4.78, 5) is 23.0. The minimum atomic E-state index is -1.04. The molecule has 0 spiro atoms. The van der Waals surface area contributed by atoms with Crippen LogP contribution in [0.3, 0.4) is 0 Å². The summed E-state index contributed by atoms with van der Waals surface area (Å²) < 4.78 is 16.4. The Hall–Kier alpha value is -3.48. The minimum absolute atomic E-state index is 0.0461. The van der Waals surface area contributed by atoms with Crippen molar-refractivity contribution in [3.63, 3.8) is 0 Å². The number of phenols is 1. The molecule has 0 heterocycles. The molecule has 160 valence electrons. The molecule has 7 nitrogen and oxygen atoms in total. The van der Waals surface area contributed by atoms with Gasteiger partial charge in [-0.25, -0.2) is 4.79 Å². The van der Waals surface area contributed by atoms with E-state index < -0.39 is 5.97 Å². The summed E-state index contributed by atoms with van der Waals surface area (Å²) in [5.74, 6) is 0.0891. The maximum absolute atomic E-state index is 12.0. The van der Waals surface area contributed by atoms with Crippen molar-refractivity contribution in [1.29, 1.82) is 0 Å². The van der Waals surface area contributed by atoms with Crippen molar-refractivity contribution in [2.24, 2.45) is 0 Å². The van der Waals surface area contributed by atoms with Gasteiger partial charge in [0.2, 0.25) is 0 Å². The number of carbonyl (C=O) groups excluding carboxylic acids is 1. The molecule has 0 atom stereocenters. The molecule has 0 saturated heterocycles. The number of aromatic carboxylic acids is 1. The molecule has 7 heteroatoms. The van der Waals surface area contributed by atoms with Gasteiger partial charge in [0.25, 0.3) is 0 Å². The number of ether oxygens (including phenoxy) is 3. The van der Waals surface area contributed by atoms with Crippen molar-refractivity contribution < 1.29 is 34.0 Å². The number of methoxy groups -OCH3 is 1. The number of benzene rings is 2. The number of Topliss-reactive ketones (excluding diaryl/α,β-unsaturated/α-hetero) is 1. The molecule has 30 heavy (non-hydrogen) atoms. The zero-order chi connectivity index (χ0) is 22.1. The van der Waals surface area contributed by atoms with E-state index in [2.05, 4.69) is 0 Å². The Morgan fingerprint density at radius 1 is 1.00 bits per heavy atom. The van der Waals surface area contributed by atoms with Gasteiger partial charge in [0, 0.05) is 12.0 Å². The van der Waals surface area contributed by atoms with Crippen LogP contribution in [0.25, 0.3) is 0 Å². The number of hydrogen-bond acceptors (Lipinski definition) is 6. The molecule has 0 aromatic heterocycles. The van der Waals surface area contributed by atoms with Crippen molar-refractivity contribution in [2.45, 2.75) is 26.7 Å². The van der Waals surface area contributed by atoms with Crippen LogP contribution in [0.1, 0.15) is 46.0 Å². The van der Waals surface area contributed by atoms with E-state index in [1.54, 1.807) is 37.3 Å². The highest BCUT2D eigenvalue weighted by Gasteiger charge is 2.15. The van der Waals surface area contributed by atoms with Crippen molar-refractivity contribution in [3.05, 3.63) is 59.2 Å². The van der Waals surface area contributed by atoms with Gasteiger partial charge in [0.1, 0.15) is 24.7 Å². The van der Waals surface area contributed by atoms with Gasteiger partial charge in [-0.2, -0.15) is 0 Å². The number of ketones is 1. The fourth-order valence-corrected chi connectivity index (χ4v) is 2.76. The summed E-state index contributed by atoms with van der Waals surface area (Å²) in [6.45, 7) is 4.10. The molecule has 0 saturated carbocycles. The monoisotopic (exact) mass is 414 g/mol. The van der Waals surface area contributed by atoms with Crippen molar-refractivity contribution >= 4 is 11.8 Å². The first kappa shape index (κ1) is 22.8. The van der Waals surface area contributed by atoms with Gasteiger partial charge in [-0.3, -0.25) is 4.79 Å². The van der Waals surface area contributed by atoms with E-state index in [0.717, 1.165) is 6.42 Å². The predicted molar refractivity (Wildman–Crippen MR) is 112 cm³/mol. The van der Waals surface area contributed by atoms with Gasteiger partial charge >= 0.3 is 5.97 Å². The molecule has 2 rings (SSSR count). The third-order valence-corrected chi connectivity index (χ3v) is 4.41. The molecule has 0 bridgehead atoms. The maximum atomic E-state index is 12.0. The Kier molecular flexibility index (Phi) is 8.29. The second-order valence-electron chi connectivity index (χ2n) is 6.52. The molecule has 0 unspecified atom stereocenters. The first-order chi connectivity index (χ1) is 14.4. The lowest BCUT2D eigenvalue weighted by Crippen LogP contribution is -2.03. The lowest BCUT2D eigenvalue weighted by atomic mass is 10.0. The summed E-state index contributed by atoms with van der Waals surface area (Å²) in [6, 6.07) is 7.64. The molecular formula is C23H26O7. The first-order valence-electron chi connectivity index (χ1n) is 9.56. The first-order valence-corrected chi connectivity index (χ1v) is 9.56. The molecule has 0 radical (unpaired) electrons. The van der Waals surface area contributed by atoms with E-state index in [4.69, 9.17) is 19.3 Å². The number of hydrogen-bond donors (Lipinski definition) is 2. The fourth-order valence-electron chi connectivity index (χ4n) is 2.76. The maximum Gasteiger partial charge on any atom is 0.335 e. The van der Waals surface area contributed by atoms with Gasteiger partial charge in [0.05, 0.1) is 18.2 Å². The summed E-state index contributed by atoms with van der Waals surface area (Å²) in [5.41, 5.74) is 0.947. The molecule has 0 aliphatic heterocycles. The Morgan fingerprint density at radius 2 is 1.63 bits per heavy atom. The van der Waals surface area contributed by atoms with Gasteiger partial charge in [0.15, 0.2) is 17.3 Å². The Bertz CT molecular complexity index is 931. The second-order valence-corrected chi connectivity index (χ2v) is 6.52. The van der Waals surface area contributed by atoms with Crippen LogP contribution in [0.15, 0.2) is 42.5 Å². The van der Waals surface area contributed by atoms with Crippen LogP contribution in [0, 0.1) is 6.92 Å². The predicted octanol–water partition coefficient (Wildman–Crippen LogP) is 4.40. The van der Waals surface area contributed by atoms with E-state index in [1.807, 2.05) is 6.92 Å². The smallest absolute Gasteiger partial charge is 0.335 e. The Balaban J connectivity index is 1.90. The van der Waals surface area contributed by atoms with E-state index in [-0.39, 0.29) is 30.3 Å². The number of phenolic OH excluding ortho intramolecular Hbond substituents is 1. The van der Waals surface area contributed by atoms with Gasteiger partial charge in [-0.05, 0) is 55.8 Å². The standard InChI is InChI=1S/C23H26O7/c1-4-7-18(24)17-9-11-19(15(2)22(17)25)29-12-5-6-13-30-20-10-8-16(23(26)27)14-21(20)28-3/h5-6,8-11,14,25H,4,7,12-13H2,1-3H3,(H,26,27). The molecule has 0 fully saturated rings. The van der Waals surface area contributed by atoms with Crippen LogP contribution in [-0.2, 0) is 0 Å². The van der Waals surface area contributed by atoms with E-state index in [9.17, 15) is 14.7 Å². The fraction of sp³-hybridized carbons (Fsp3) is 0.304. The highest BCUT2D eigenvalue weighted by Crippen LogP contribution is 2.31. The highest BCUT2D eigenvalue weighted by molar-refractivity contribution is 5.99. The van der Waals surface area contributed by atoms with Crippen LogP contribution in [0.2, 0.25) is 0 Å². The number of aromatic hydroxyl groups is 1. The second kappa shape index (κ2) is 10.9. The van der Waals surface area contributed by atoms with E-state index in [0.29, 0.717) is 34.8 Å². The van der Waals surface area contributed by atoms with Crippen LogP contribution in [0.4, 0.5) is 0 Å². The number of carboxylic acids is 1. The number of carboxylic acid groups (broad SMARTS) is 1. The van der Waals surface area contributed by atoms with Crippen molar-refractivity contribution in [2.75, 3.05) is 20.3 Å². The lowest BCUT2D eigenvalue weighted by Gasteiger charge is -2.12. The van der Waals surface area contributed by atoms with E-state index in [1.165, 1.54) is 19.2 Å². The molecule has 0 aliphatic rings. The third-order valence-electron chi connectivity index (χ3n) is 4.41. The van der Waals surface area contributed by atoms with Crippen molar-refractivity contribution in [1.82, 2.24) is 0 Å². The normalized spacial score (nSPS) is 10.8. The zero-order valence-corrected chi connectivity index (χ0v) is 17.3. The molecule has 2 aromatic rings. The van der Waals surface area contributed by atoms with Gasteiger partial charge in [-0.15, -0.1) is 0 Å². The summed E-state index contributed by atoms with van der Waals surface area (Å²) >= 11 is 0. The Morgan fingerprint density at radius 3 is 2.23 bits per heavy atom. The average molecular weight is 414 g/mol. The summed E-state index contributed by atoms with van der Waals surface area (Å²) in [5, 5.41) is 19.3. The minimum Gasteiger partial charge on any atom is -0.507 e. The van der Waals surface area contributed by atoms with Crippen LogP contribution in [0.5, 0.6) is 23.0 Å². The largest absolute Gasteiger partial charge is 0.507 e. The average Bonchev–Trinajstić information content (AvgIpc) is 2.73. The molecule has 2 N–H and O–H groups in total. The summed E-state index contributed by atoms with van der Waals surface area (Å²) in [7, 11) is 1.44. The van der Waals surface area contributed by atoms with Gasteiger partial charge in [-0.1, -0.05) is 6.92 Å². The molecule has 0 aliphatic carbocycles. The Labute approximate surface area is 175 Å². The zero-order valence-electron chi connectivity index (χ0n) is 17.3. The third kappa shape index (κ3) is 5.76. The van der Waals surface area contributed by atoms with Crippen LogP contribution < -0.4 is 14.2 Å². The summed E-state index contributed by atoms with van der Waals surface area (Å²) in [6.07, 6.45) is 4.61. The SMILES string of the molecule is CCCC(=O)c1ccc(OCC=CCOc2ccc(C(=O)O)cc2OC)c(C)c1O. The van der Waals surface area contributed by atoms with Crippen LogP contribution in [-0.4, -0.2) is 42.3 Å². The number of rotatable bonds is 11. The van der Waals surface area contributed by atoms with Crippen molar-refractivity contribution in [3.8, 4) is 23.0 Å². The quantitative estimate of drug-likeness (QED) is 0.415. The molecule has 0 amide bonds. The van der Waals surface area contributed by atoms with Crippen LogP contribution >= 0.6 is 0 Å². The number of carbonyl (C=O) groups is 2. The topological polar surface area (TPSA) is 102 Å².